The maximum atomic E-state index is 12.3. The van der Waals surface area contributed by atoms with Gasteiger partial charge in [-0.2, -0.15) is 13.2 Å². The molecule has 0 radical (unpaired) electrons. The van der Waals surface area contributed by atoms with Gasteiger partial charge >= 0.3 is 6.18 Å². The van der Waals surface area contributed by atoms with Gasteiger partial charge in [-0.15, -0.1) is 0 Å². The van der Waals surface area contributed by atoms with Crippen molar-refractivity contribution >= 4 is 5.96 Å². The van der Waals surface area contributed by atoms with Crippen LogP contribution in [0, 0.1) is 0 Å². The van der Waals surface area contributed by atoms with E-state index in [-0.39, 0.29) is 13.1 Å². The van der Waals surface area contributed by atoms with E-state index in [4.69, 9.17) is 9.47 Å². The van der Waals surface area contributed by atoms with E-state index in [9.17, 15) is 13.2 Å². The number of rotatable bonds is 9. The molecule has 0 aliphatic carbocycles. The summed E-state index contributed by atoms with van der Waals surface area (Å²) < 4.78 is 48.2. The number of halogens is 3. The van der Waals surface area contributed by atoms with Crippen molar-refractivity contribution in [3.05, 3.63) is 59.7 Å². The highest BCUT2D eigenvalue weighted by molar-refractivity contribution is 5.79. The number of hydrogen-bond acceptors (Lipinski definition) is 3. The molecule has 0 fully saturated rings. The fourth-order valence-corrected chi connectivity index (χ4v) is 2.50. The van der Waals surface area contributed by atoms with Crippen molar-refractivity contribution in [3.63, 3.8) is 0 Å². The third-order valence-corrected chi connectivity index (χ3v) is 3.93. The molecule has 5 nitrogen and oxygen atoms in total. The molecule has 2 rings (SSSR count). The Morgan fingerprint density at radius 3 is 2.41 bits per heavy atom. The number of nitrogens with one attached hydrogen (secondary N) is 2. The van der Waals surface area contributed by atoms with Crippen molar-refractivity contribution in [2.24, 2.45) is 4.99 Å². The second kappa shape index (κ2) is 11.2. The van der Waals surface area contributed by atoms with Crippen LogP contribution in [0.25, 0.3) is 0 Å². The van der Waals surface area contributed by atoms with Gasteiger partial charge in [-0.1, -0.05) is 36.4 Å². The van der Waals surface area contributed by atoms with Crippen molar-refractivity contribution in [2.45, 2.75) is 32.7 Å². The summed E-state index contributed by atoms with van der Waals surface area (Å²) in [6, 6.07) is 15.3. The zero-order chi connectivity index (χ0) is 21.1. The number of guanidine groups is 1. The SMILES string of the molecule is CCNC(=NCc1ccc(OCc2ccccc2)c(OC)c1)NCCC(F)(F)F. The van der Waals surface area contributed by atoms with Gasteiger partial charge in [0.25, 0.3) is 0 Å². The molecule has 0 unspecified atom stereocenters. The van der Waals surface area contributed by atoms with Gasteiger partial charge in [-0.05, 0) is 30.2 Å². The normalized spacial score (nSPS) is 11.8. The third kappa shape index (κ3) is 8.33. The molecule has 0 aromatic heterocycles. The lowest BCUT2D eigenvalue weighted by atomic mass is 10.2. The maximum Gasteiger partial charge on any atom is 0.390 e. The van der Waals surface area contributed by atoms with E-state index in [1.54, 1.807) is 13.2 Å². The maximum absolute atomic E-state index is 12.3. The van der Waals surface area contributed by atoms with Gasteiger partial charge in [0.15, 0.2) is 17.5 Å². The summed E-state index contributed by atoms with van der Waals surface area (Å²) in [5, 5.41) is 5.62. The van der Waals surface area contributed by atoms with E-state index < -0.39 is 12.6 Å². The van der Waals surface area contributed by atoms with Gasteiger partial charge in [0.05, 0.1) is 20.1 Å². The summed E-state index contributed by atoms with van der Waals surface area (Å²) in [5.41, 5.74) is 1.89. The minimum absolute atomic E-state index is 0.231. The summed E-state index contributed by atoms with van der Waals surface area (Å²) in [4.78, 5) is 4.33. The predicted octanol–water partition coefficient (Wildman–Crippen LogP) is 4.28. The number of hydrogen-bond donors (Lipinski definition) is 2. The standard InChI is InChI=1S/C21H26F3N3O2/c1-3-25-20(26-12-11-21(22,23)24)27-14-17-9-10-18(19(13-17)28-2)29-15-16-7-5-4-6-8-16/h4-10,13H,3,11-12,14-15H2,1-2H3,(H2,25,26,27). The largest absolute Gasteiger partial charge is 0.493 e. The molecule has 0 spiro atoms. The van der Waals surface area contributed by atoms with Gasteiger partial charge in [0.1, 0.15) is 6.61 Å². The van der Waals surface area contributed by atoms with Crippen LogP contribution >= 0.6 is 0 Å². The Bertz CT molecular complexity index is 780. The molecule has 8 heteroatoms. The Labute approximate surface area is 168 Å². The van der Waals surface area contributed by atoms with Gasteiger partial charge in [0, 0.05) is 13.1 Å². The number of nitrogens with zero attached hydrogens (tertiary/aromatic N) is 1. The topological polar surface area (TPSA) is 54.9 Å². The van der Waals surface area contributed by atoms with Crippen LogP contribution in [0.1, 0.15) is 24.5 Å². The first kappa shape index (κ1) is 22.4. The Morgan fingerprint density at radius 2 is 1.76 bits per heavy atom. The van der Waals surface area contributed by atoms with Crippen molar-refractivity contribution in [2.75, 3.05) is 20.2 Å². The molecule has 0 saturated carbocycles. The van der Waals surface area contributed by atoms with E-state index in [1.807, 2.05) is 49.4 Å². The molecular weight excluding hydrogens is 383 g/mol. The van der Waals surface area contributed by atoms with Gasteiger partial charge < -0.3 is 20.1 Å². The summed E-state index contributed by atoms with van der Waals surface area (Å²) in [5.74, 6) is 1.52. The van der Waals surface area contributed by atoms with Crippen molar-refractivity contribution < 1.29 is 22.6 Å². The summed E-state index contributed by atoms with van der Waals surface area (Å²) in [6.45, 7) is 2.88. The van der Waals surface area contributed by atoms with E-state index in [0.717, 1.165) is 11.1 Å². The van der Waals surface area contributed by atoms with Crippen LogP contribution in [-0.4, -0.2) is 32.3 Å². The minimum atomic E-state index is -4.20. The number of ether oxygens (including phenoxy) is 2. The Kier molecular flexibility index (Phi) is 8.64. The van der Waals surface area contributed by atoms with E-state index in [0.29, 0.717) is 30.6 Å². The van der Waals surface area contributed by atoms with E-state index in [1.165, 1.54) is 0 Å². The molecule has 158 valence electrons. The summed E-state index contributed by atoms with van der Waals surface area (Å²) in [6.07, 6.45) is -5.12. The first-order chi connectivity index (χ1) is 13.9. The van der Waals surface area contributed by atoms with Crippen LogP contribution in [0.3, 0.4) is 0 Å². The van der Waals surface area contributed by atoms with Gasteiger partial charge in [-0.3, -0.25) is 0 Å². The van der Waals surface area contributed by atoms with Crippen LogP contribution in [-0.2, 0) is 13.2 Å². The van der Waals surface area contributed by atoms with Gasteiger partial charge in [0.2, 0.25) is 0 Å². The van der Waals surface area contributed by atoms with Crippen molar-refractivity contribution in [3.8, 4) is 11.5 Å². The van der Waals surface area contributed by atoms with Crippen LogP contribution < -0.4 is 20.1 Å². The molecule has 29 heavy (non-hydrogen) atoms. The first-order valence-corrected chi connectivity index (χ1v) is 9.34. The van der Waals surface area contributed by atoms with Crippen LogP contribution in [0.2, 0.25) is 0 Å². The molecule has 0 amide bonds. The van der Waals surface area contributed by atoms with E-state index >= 15 is 0 Å². The fourth-order valence-electron chi connectivity index (χ4n) is 2.50. The Balaban J connectivity index is 1.98. The molecule has 2 N–H and O–H groups in total. The van der Waals surface area contributed by atoms with Crippen molar-refractivity contribution in [1.82, 2.24) is 10.6 Å². The number of methoxy groups -OCH3 is 1. The molecular formula is C21H26F3N3O2. The zero-order valence-electron chi connectivity index (χ0n) is 16.6. The molecule has 0 saturated heterocycles. The average molecular weight is 409 g/mol. The smallest absolute Gasteiger partial charge is 0.390 e. The first-order valence-electron chi connectivity index (χ1n) is 9.34. The van der Waals surface area contributed by atoms with Crippen LogP contribution in [0.15, 0.2) is 53.5 Å². The monoisotopic (exact) mass is 409 g/mol. The summed E-state index contributed by atoms with van der Waals surface area (Å²) >= 11 is 0. The zero-order valence-corrected chi connectivity index (χ0v) is 16.6. The second-order valence-electron chi connectivity index (χ2n) is 6.25. The summed E-state index contributed by atoms with van der Waals surface area (Å²) in [7, 11) is 1.56. The number of benzene rings is 2. The second-order valence-corrected chi connectivity index (χ2v) is 6.25. The quantitative estimate of drug-likeness (QED) is 0.480. The Morgan fingerprint density at radius 1 is 1.00 bits per heavy atom. The Hall–Kier alpha value is -2.90. The lowest BCUT2D eigenvalue weighted by Gasteiger charge is -2.14. The van der Waals surface area contributed by atoms with Gasteiger partial charge in [-0.25, -0.2) is 4.99 Å². The molecule has 0 aliphatic heterocycles. The molecule has 0 heterocycles. The average Bonchev–Trinajstić information content (AvgIpc) is 2.70. The highest BCUT2D eigenvalue weighted by atomic mass is 19.4. The van der Waals surface area contributed by atoms with Crippen molar-refractivity contribution in [1.29, 1.82) is 0 Å². The third-order valence-electron chi connectivity index (χ3n) is 3.93. The molecule has 2 aromatic rings. The fraction of sp³-hybridized carbons (Fsp3) is 0.381. The highest BCUT2D eigenvalue weighted by Gasteiger charge is 2.26. The predicted molar refractivity (Wildman–Crippen MR) is 107 cm³/mol. The highest BCUT2D eigenvalue weighted by Crippen LogP contribution is 2.29. The lowest BCUT2D eigenvalue weighted by Crippen LogP contribution is -2.38. The minimum Gasteiger partial charge on any atom is -0.493 e. The van der Waals surface area contributed by atoms with Crippen LogP contribution in [0.5, 0.6) is 11.5 Å². The van der Waals surface area contributed by atoms with E-state index in [2.05, 4.69) is 15.6 Å². The van der Waals surface area contributed by atoms with Crippen LogP contribution in [0.4, 0.5) is 13.2 Å². The molecule has 0 atom stereocenters. The molecule has 0 aliphatic rings. The lowest BCUT2D eigenvalue weighted by molar-refractivity contribution is -0.132. The number of alkyl halides is 3. The number of aliphatic imine (C=N–C) groups is 1. The molecule has 2 aromatic carbocycles. The molecule has 0 bridgehead atoms.